The van der Waals surface area contributed by atoms with E-state index in [0.29, 0.717) is 12.4 Å². The van der Waals surface area contributed by atoms with Gasteiger partial charge in [0.25, 0.3) is 0 Å². The monoisotopic (exact) mass is 357 g/mol. The van der Waals surface area contributed by atoms with Crippen molar-refractivity contribution in [3.63, 3.8) is 0 Å². The van der Waals surface area contributed by atoms with Gasteiger partial charge in [0.15, 0.2) is 0 Å². The molecule has 5 heteroatoms. The van der Waals surface area contributed by atoms with Gasteiger partial charge in [0.1, 0.15) is 5.82 Å². The lowest BCUT2D eigenvalue weighted by molar-refractivity contribution is 0.689. The number of aryl methyl sites for hydroxylation is 2. The lowest BCUT2D eigenvalue weighted by Gasteiger charge is -2.06. The molecule has 0 fully saturated rings. The average molecular weight is 359 g/mol. The number of hydrogen-bond donors (Lipinski definition) is 1. The van der Waals surface area contributed by atoms with Gasteiger partial charge in [-0.15, -0.1) is 0 Å². The quantitative estimate of drug-likeness (QED) is 0.890. The van der Waals surface area contributed by atoms with E-state index in [0.717, 1.165) is 14.6 Å². The maximum atomic E-state index is 5.96. The van der Waals surface area contributed by atoms with E-state index >= 15 is 0 Å². The van der Waals surface area contributed by atoms with Crippen LogP contribution in [-0.2, 0) is 6.54 Å². The number of anilines is 1. The molecule has 2 N–H and O–H groups in total. The highest BCUT2D eigenvalue weighted by Gasteiger charge is 2.10. The van der Waals surface area contributed by atoms with Crippen molar-refractivity contribution < 1.29 is 0 Å². The summed E-state index contributed by atoms with van der Waals surface area (Å²) in [5.74, 6) is 0.666. The van der Waals surface area contributed by atoms with Crippen LogP contribution in [0.5, 0.6) is 0 Å². The minimum absolute atomic E-state index is 0.666. The van der Waals surface area contributed by atoms with Crippen molar-refractivity contribution in [2.45, 2.75) is 20.4 Å². The second kappa shape index (κ2) is 4.82. The van der Waals surface area contributed by atoms with Gasteiger partial charge in [0.2, 0.25) is 0 Å². The first kappa shape index (κ1) is 12.6. The molecule has 3 nitrogen and oxygen atoms in total. The highest BCUT2D eigenvalue weighted by Crippen LogP contribution is 2.24. The van der Waals surface area contributed by atoms with Crippen molar-refractivity contribution in [1.82, 2.24) is 9.78 Å². The van der Waals surface area contributed by atoms with Crippen LogP contribution < -0.4 is 5.73 Å². The second-order valence-corrected chi connectivity index (χ2v) is 5.67. The van der Waals surface area contributed by atoms with Crippen LogP contribution in [0.4, 0.5) is 5.82 Å². The van der Waals surface area contributed by atoms with E-state index in [1.807, 2.05) is 6.92 Å². The fourth-order valence-electron chi connectivity index (χ4n) is 1.61. The third-order valence-corrected chi connectivity index (χ3v) is 4.49. The summed E-state index contributed by atoms with van der Waals surface area (Å²) in [6, 6.07) is 6.27. The van der Waals surface area contributed by atoms with Gasteiger partial charge in [-0.25, -0.2) is 4.68 Å². The van der Waals surface area contributed by atoms with Gasteiger partial charge in [0, 0.05) is 4.47 Å². The number of nitrogens with zero attached hydrogens (tertiary/aromatic N) is 2. The minimum atomic E-state index is 0.666. The van der Waals surface area contributed by atoms with Gasteiger partial charge in [-0.05, 0) is 47.0 Å². The first-order valence-electron chi connectivity index (χ1n) is 5.22. The smallest absolute Gasteiger partial charge is 0.136 e. The van der Waals surface area contributed by atoms with Crippen LogP contribution in [0.15, 0.2) is 27.1 Å². The number of hydrogen-bond acceptors (Lipinski definition) is 2. The van der Waals surface area contributed by atoms with Gasteiger partial charge in [-0.3, -0.25) is 0 Å². The Morgan fingerprint density at radius 3 is 2.53 bits per heavy atom. The molecule has 1 aromatic heterocycles. The van der Waals surface area contributed by atoms with E-state index < -0.39 is 0 Å². The maximum absolute atomic E-state index is 5.96. The van der Waals surface area contributed by atoms with Gasteiger partial charge < -0.3 is 5.73 Å². The summed E-state index contributed by atoms with van der Waals surface area (Å²) in [5.41, 5.74) is 9.26. The van der Waals surface area contributed by atoms with Crippen LogP contribution in [0.1, 0.15) is 16.8 Å². The third kappa shape index (κ3) is 2.55. The Hall–Kier alpha value is -0.810. The zero-order chi connectivity index (χ0) is 12.6. The first-order chi connectivity index (χ1) is 7.99. The largest absolute Gasteiger partial charge is 0.383 e. The molecule has 90 valence electrons. The Bertz CT molecular complexity index is 561. The van der Waals surface area contributed by atoms with Crippen LogP contribution in [-0.4, -0.2) is 9.78 Å². The predicted octanol–water partition coefficient (Wildman–Crippen LogP) is 3.66. The first-order valence-corrected chi connectivity index (χ1v) is 6.81. The van der Waals surface area contributed by atoms with Gasteiger partial charge in [-0.1, -0.05) is 28.1 Å². The SMILES string of the molecule is Cc1ccc(Cn2nc(C)c(Br)c2N)cc1Br. The number of benzene rings is 1. The standard InChI is InChI=1S/C12H13Br2N3/c1-7-3-4-9(5-10(7)13)6-17-12(15)11(14)8(2)16-17/h3-5H,6,15H2,1-2H3. The number of nitrogens with two attached hydrogens (primary N) is 1. The van der Waals surface area contributed by atoms with Gasteiger partial charge in [-0.2, -0.15) is 5.10 Å². The molecular weight excluding hydrogens is 346 g/mol. The summed E-state index contributed by atoms with van der Waals surface area (Å²) in [4.78, 5) is 0. The van der Waals surface area contributed by atoms with Crippen molar-refractivity contribution >= 4 is 37.7 Å². The Labute approximate surface area is 117 Å². The molecule has 0 aliphatic heterocycles. The molecule has 0 saturated carbocycles. The normalized spacial score (nSPS) is 10.8. The number of nitrogen functional groups attached to an aromatic ring is 1. The zero-order valence-electron chi connectivity index (χ0n) is 9.67. The molecule has 0 aliphatic rings. The Morgan fingerprint density at radius 1 is 1.29 bits per heavy atom. The molecule has 1 aromatic carbocycles. The van der Waals surface area contributed by atoms with E-state index in [4.69, 9.17) is 5.73 Å². The fraction of sp³-hybridized carbons (Fsp3) is 0.250. The van der Waals surface area contributed by atoms with E-state index in [-0.39, 0.29) is 0 Å². The third-order valence-electron chi connectivity index (χ3n) is 2.66. The van der Waals surface area contributed by atoms with Crippen molar-refractivity contribution in [2.75, 3.05) is 5.73 Å². The number of halogens is 2. The minimum Gasteiger partial charge on any atom is -0.383 e. The number of aromatic nitrogens is 2. The van der Waals surface area contributed by atoms with Crippen molar-refractivity contribution in [3.05, 3.63) is 44.0 Å². The molecule has 0 bridgehead atoms. The average Bonchev–Trinajstić information content (AvgIpc) is 2.52. The fourth-order valence-corrected chi connectivity index (χ4v) is 2.32. The Balaban J connectivity index is 2.31. The molecule has 1 heterocycles. The van der Waals surface area contributed by atoms with Crippen LogP contribution in [0.25, 0.3) is 0 Å². The molecule has 17 heavy (non-hydrogen) atoms. The van der Waals surface area contributed by atoms with Crippen molar-refractivity contribution in [3.8, 4) is 0 Å². The molecule has 0 saturated heterocycles. The van der Waals surface area contributed by atoms with Gasteiger partial charge >= 0.3 is 0 Å². The summed E-state index contributed by atoms with van der Waals surface area (Å²) in [7, 11) is 0. The zero-order valence-corrected chi connectivity index (χ0v) is 12.8. The van der Waals surface area contributed by atoms with Crippen LogP contribution >= 0.6 is 31.9 Å². The van der Waals surface area contributed by atoms with Crippen LogP contribution in [0.2, 0.25) is 0 Å². The van der Waals surface area contributed by atoms with Crippen LogP contribution in [0, 0.1) is 13.8 Å². The summed E-state index contributed by atoms with van der Waals surface area (Å²) < 4.78 is 3.79. The molecular formula is C12H13Br2N3. The highest BCUT2D eigenvalue weighted by atomic mass is 79.9. The van der Waals surface area contributed by atoms with E-state index in [1.165, 1.54) is 11.1 Å². The molecule has 0 amide bonds. The lowest BCUT2D eigenvalue weighted by Crippen LogP contribution is -2.06. The van der Waals surface area contributed by atoms with Gasteiger partial charge in [0.05, 0.1) is 16.7 Å². The molecule has 2 aromatic rings. The molecule has 0 spiro atoms. The summed E-state index contributed by atoms with van der Waals surface area (Å²) in [6.45, 7) is 4.68. The summed E-state index contributed by atoms with van der Waals surface area (Å²) >= 11 is 6.95. The Kier molecular flexibility index (Phi) is 3.58. The second-order valence-electron chi connectivity index (χ2n) is 4.03. The van der Waals surface area contributed by atoms with E-state index in [9.17, 15) is 0 Å². The van der Waals surface area contributed by atoms with Crippen molar-refractivity contribution in [2.24, 2.45) is 0 Å². The lowest BCUT2D eigenvalue weighted by atomic mass is 10.1. The molecule has 2 rings (SSSR count). The topological polar surface area (TPSA) is 43.8 Å². The van der Waals surface area contributed by atoms with Crippen LogP contribution in [0.3, 0.4) is 0 Å². The van der Waals surface area contributed by atoms with E-state index in [1.54, 1.807) is 4.68 Å². The molecule has 0 aliphatic carbocycles. The molecule has 0 unspecified atom stereocenters. The summed E-state index contributed by atoms with van der Waals surface area (Å²) in [6.07, 6.45) is 0. The Morgan fingerprint density at radius 2 is 2.00 bits per heavy atom. The summed E-state index contributed by atoms with van der Waals surface area (Å²) in [5, 5.41) is 4.39. The van der Waals surface area contributed by atoms with Crippen molar-refractivity contribution in [1.29, 1.82) is 0 Å². The highest BCUT2D eigenvalue weighted by molar-refractivity contribution is 9.11. The molecule has 0 radical (unpaired) electrons. The predicted molar refractivity (Wildman–Crippen MR) is 77.1 cm³/mol. The molecule has 0 atom stereocenters. The van der Waals surface area contributed by atoms with E-state index in [2.05, 4.69) is 62.1 Å². The number of rotatable bonds is 2. The maximum Gasteiger partial charge on any atom is 0.136 e.